The molecule has 0 amide bonds. The average molecular weight is 389 g/mol. The lowest BCUT2D eigenvalue weighted by atomic mass is 10.3. The summed E-state index contributed by atoms with van der Waals surface area (Å²) in [6.07, 6.45) is 1.62. The SMILES string of the molecule is Cn1cnn(CN2CCN(S(=O)(=O)c3ccc(F)c(F)c3)CC2)c1=S. The first-order valence-electron chi connectivity index (χ1n) is 7.55. The molecule has 0 aliphatic carbocycles. The van der Waals surface area contributed by atoms with Gasteiger partial charge in [0.25, 0.3) is 0 Å². The van der Waals surface area contributed by atoms with Crippen LogP contribution < -0.4 is 0 Å². The highest BCUT2D eigenvalue weighted by molar-refractivity contribution is 7.89. The molecule has 2 aromatic rings. The third-order valence-corrected chi connectivity index (χ3v) is 6.47. The van der Waals surface area contributed by atoms with E-state index in [0.29, 0.717) is 30.6 Å². The largest absolute Gasteiger partial charge is 0.310 e. The molecular formula is C14H17F2N5O2S2. The number of rotatable bonds is 4. The summed E-state index contributed by atoms with van der Waals surface area (Å²) in [6, 6.07) is 2.61. The number of benzene rings is 1. The van der Waals surface area contributed by atoms with Crippen LogP contribution in [0.3, 0.4) is 0 Å². The van der Waals surface area contributed by atoms with Crippen LogP contribution in [-0.4, -0.2) is 58.1 Å². The predicted molar refractivity (Wildman–Crippen MR) is 88.7 cm³/mol. The van der Waals surface area contributed by atoms with Crippen LogP contribution in [0.1, 0.15) is 0 Å². The molecule has 1 aromatic carbocycles. The molecule has 0 spiro atoms. The van der Waals surface area contributed by atoms with Crippen molar-refractivity contribution in [2.75, 3.05) is 26.2 Å². The van der Waals surface area contributed by atoms with E-state index in [9.17, 15) is 17.2 Å². The predicted octanol–water partition coefficient (Wildman–Crippen LogP) is 1.19. The van der Waals surface area contributed by atoms with Crippen molar-refractivity contribution in [3.8, 4) is 0 Å². The molecule has 1 saturated heterocycles. The van der Waals surface area contributed by atoms with Crippen LogP contribution in [0.5, 0.6) is 0 Å². The van der Waals surface area contributed by atoms with Crippen LogP contribution in [0.2, 0.25) is 0 Å². The minimum atomic E-state index is -3.85. The Hall–Kier alpha value is -1.69. The van der Waals surface area contributed by atoms with Crippen LogP contribution in [-0.2, 0) is 23.7 Å². The summed E-state index contributed by atoms with van der Waals surface area (Å²) in [6.45, 7) is 1.95. The number of hydrogen-bond acceptors (Lipinski definition) is 5. The molecule has 0 radical (unpaired) electrons. The van der Waals surface area contributed by atoms with Gasteiger partial charge in [0.05, 0.1) is 11.6 Å². The molecule has 25 heavy (non-hydrogen) atoms. The van der Waals surface area contributed by atoms with Gasteiger partial charge >= 0.3 is 0 Å². The fraction of sp³-hybridized carbons (Fsp3) is 0.429. The van der Waals surface area contributed by atoms with Gasteiger partial charge < -0.3 is 4.57 Å². The van der Waals surface area contributed by atoms with Gasteiger partial charge in [-0.3, -0.25) is 4.90 Å². The molecule has 136 valence electrons. The van der Waals surface area contributed by atoms with Gasteiger partial charge in [-0.25, -0.2) is 21.9 Å². The molecule has 2 heterocycles. The first kappa shape index (κ1) is 18.1. The molecule has 0 atom stereocenters. The molecule has 1 aromatic heterocycles. The molecule has 0 bridgehead atoms. The number of aromatic nitrogens is 3. The Morgan fingerprint density at radius 1 is 1.16 bits per heavy atom. The van der Waals surface area contributed by atoms with E-state index in [1.165, 1.54) is 4.31 Å². The highest BCUT2D eigenvalue weighted by atomic mass is 32.2. The van der Waals surface area contributed by atoms with Crippen molar-refractivity contribution >= 4 is 22.2 Å². The van der Waals surface area contributed by atoms with Crippen molar-refractivity contribution in [1.82, 2.24) is 23.6 Å². The van der Waals surface area contributed by atoms with E-state index < -0.39 is 21.7 Å². The third-order valence-electron chi connectivity index (χ3n) is 4.08. The fourth-order valence-electron chi connectivity index (χ4n) is 2.60. The minimum absolute atomic E-state index is 0.244. The zero-order valence-electron chi connectivity index (χ0n) is 13.5. The normalized spacial score (nSPS) is 17.1. The number of aryl methyl sites for hydroxylation is 1. The van der Waals surface area contributed by atoms with Crippen LogP contribution in [0.25, 0.3) is 0 Å². The molecule has 3 rings (SSSR count). The highest BCUT2D eigenvalue weighted by Crippen LogP contribution is 2.20. The Bertz CT molecular complexity index is 933. The molecule has 1 aliphatic heterocycles. The van der Waals surface area contributed by atoms with Crippen LogP contribution >= 0.6 is 12.2 Å². The second-order valence-electron chi connectivity index (χ2n) is 5.76. The Morgan fingerprint density at radius 2 is 1.84 bits per heavy atom. The highest BCUT2D eigenvalue weighted by Gasteiger charge is 2.29. The van der Waals surface area contributed by atoms with Crippen molar-refractivity contribution in [2.45, 2.75) is 11.6 Å². The molecule has 7 nitrogen and oxygen atoms in total. The smallest absolute Gasteiger partial charge is 0.243 e. The Labute approximate surface area is 149 Å². The van der Waals surface area contributed by atoms with Gasteiger partial charge in [-0.15, -0.1) is 0 Å². The van der Waals surface area contributed by atoms with E-state index in [-0.39, 0.29) is 18.0 Å². The van der Waals surface area contributed by atoms with Gasteiger partial charge in [0.2, 0.25) is 10.0 Å². The van der Waals surface area contributed by atoms with Crippen molar-refractivity contribution in [1.29, 1.82) is 0 Å². The van der Waals surface area contributed by atoms with Gasteiger partial charge in [0.15, 0.2) is 16.4 Å². The summed E-state index contributed by atoms with van der Waals surface area (Å²) in [5.74, 6) is -2.25. The van der Waals surface area contributed by atoms with E-state index in [2.05, 4.69) is 5.10 Å². The summed E-state index contributed by atoms with van der Waals surface area (Å²) < 4.78 is 56.7. The van der Waals surface area contributed by atoms with E-state index in [0.717, 1.165) is 12.1 Å². The molecular weight excluding hydrogens is 372 g/mol. The van der Waals surface area contributed by atoms with Crippen molar-refractivity contribution in [2.24, 2.45) is 7.05 Å². The Morgan fingerprint density at radius 3 is 2.40 bits per heavy atom. The lowest BCUT2D eigenvalue weighted by Crippen LogP contribution is -2.48. The molecule has 0 saturated carbocycles. The summed E-state index contributed by atoms with van der Waals surface area (Å²) in [4.78, 5) is 1.78. The first-order chi connectivity index (χ1) is 11.8. The topological polar surface area (TPSA) is 63.4 Å². The van der Waals surface area contributed by atoms with Gasteiger partial charge in [-0.05, 0) is 30.4 Å². The van der Waals surface area contributed by atoms with Crippen LogP contribution in [0, 0.1) is 16.4 Å². The summed E-state index contributed by atoms with van der Waals surface area (Å²) in [5, 5.41) is 4.17. The summed E-state index contributed by atoms with van der Waals surface area (Å²) >= 11 is 5.23. The number of hydrogen-bond donors (Lipinski definition) is 0. The van der Waals surface area contributed by atoms with E-state index >= 15 is 0 Å². The van der Waals surface area contributed by atoms with Gasteiger partial charge in [0, 0.05) is 33.2 Å². The van der Waals surface area contributed by atoms with Crippen molar-refractivity contribution in [3.63, 3.8) is 0 Å². The van der Waals surface area contributed by atoms with Gasteiger partial charge in [0.1, 0.15) is 6.33 Å². The molecule has 0 unspecified atom stereocenters. The van der Waals surface area contributed by atoms with Crippen molar-refractivity contribution in [3.05, 3.63) is 40.9 Å². The first-order valence-corrected chi connectivity index (χ1v) is 9.40. The zero-order chi connectivity index (χ0) is 18.2. The molecule has 0 N–H and O–H groups in total. The summed E-state index contributed by atoms with van der Waals surface area (Å²) in [5.41, 5.74) is 0. The zero-order valence-corrected chi connectivity index (χ0v) is 15.1. The number of halogens is 2. The van der Waals surface area contributed by atoms with Crippen molar-refractivity contribution < 1.29 is 17.2 Å². The number of sulfonamides is 1. The monoisotopic (exact) mass is 389 g/mol. The van der Waals surface area contributed by atoms with Gasteiger partial charge in [-0.1, -0.05) is 0 Å². The summed E-state index contributed by atoms with van der Waals surface area (Å²) in [7, 11) is -2.05. The Kier molecular flexibility index (Phi) is 5.00. The average Bonchev–Trinajstić information content (AvgIpc) is 2.90. The van der Waals surface area contributed by atoms with Crippen LogP contribution in [0.4, 0.5) is 8.78 Å². The van der Waals surface area contributed by atoms with E-state index in [1.807, 2.05) is 4.90 Å². The second-order valence-corrected chi connectivity index (χ2v) is 8.07. The van der Waals surface area contributed by atoms with E-state index in [4.69, 9.17) is 12.2 Å². The number of piperazine rings is 1. The maximum absolute atomic E-state index is 13.3. The fourth-order valence-corrected chi connectivity index (χ4v) is 4.19. The van der Waals surface area contributed by atoms with Gasteiger partial charge in [-0.2, -0.15) is 9.40 Å². The Balaban J connectivity index is 1.67. The standard InChI is InChI=1S/C14H17F2N5O2S2/c1-18-9-17-21(14(18)24)10-19-4-6-20(7-5-19)25(22,23)11-2-3-12(15)13(16)8-11/h2-3,8-9H,4-7,10H2,1H3. The molecule has 11 heteroatoms. The second kappa shape index (κ2) is 6.90. The maximum atomic E-state index is 13.3. The van der Waals surface area contributed by atoms with Crippen LogP contribution in [0.15, 0.2) is 29.4 Å². The third kappa shape index (κ3) is 3.64. The molecule has 1 fully saturated rings. The molecule has 1 aliphatic rings. The minimum Gasteiger partial charge on any atom is -0.310 e. The van der Waals surface area contributed by atoms with E-state index in [1.54, 1.807) is 22.6 Å². The lowest BCUT2D eigenvalue weighted by molar-refractivity contribution is 0.144. The maximum Gasteiger partial charge on any atom is 0.243 e. The number of nitrogens with zero attached hydrogens (tertiary/aromatic N) is 5. The quantitative estimate of drug-likeness (QED) is 0.736. The lowest BCUT2D eigenvalue weighted by Gasteiger charge is -2.33.